The average molecular weight is 408 g/mol. The SMILES string of the molecule is CN=Cc1c(N2CCNCC2)ccc(C(=O)Nc2cn3cc(C)nc3c(=O)[nH]2)c1N. The molecule has 4 rings (SSSR count). The molecular formula is C20H24N8O2. The maximum absolute atomic E-state index is 12.9. The molecule has 3 heterocycles. The summed E-state index contributed by atoms with van der Waals surface area (Å²) in [5, 5.41) is 6.04. The highest BCUT2D eigenvalue weighted by atomic mass is 16.2. The van der Waals surface area contributed by atoms with Crippen LogP contribution in [-0.2, 0) is 0 Å². The first kappa shape index (κ1) is 19.6. The van der Waals surface area contributed by atoms with Gasteiger partial charge in [0.15, 0.2) is 0 Å². The van der Waals surface area contributed by atoms with Crippen LogP contribution in [0.15, 0.2) is 34.3 Å². The smallest absolute Gasteiger partial charge is 0.293 e. The van der Waals surface area contributed by atoms with Crippen molar-refractivity contribution in [1.82, 2.24) is 19.7 Å². The third-order valence-electron chi connectivity index (χ3n) is 5.05. The highest BCUT2D eigenvalue weighted by Crippen LogP contribution is 2.28. The van der Waals surface area contributed by atoms with Crippen molar-refractivity contribution in [2.45, 2.75) is 6.92 Å². The Labute approximate surface area is 172 Å². The molecule has 0 aliphatic carbocycles. The number of nitrogens with two attached hydrogens (primary N) is 1. The van der Waals surface area contributed by atoms with E-state index in [1.165, 1.54) is 0 Å². The second-order valence-electron chi connectivity index (χ2n) is 7.15. The molecule has 0 bridgehead atoms. The van der Waals surface area contributed by atoms with Crippen molar-refractivity contribution >= 4 is 35.0 Å². The van der Waals surface area contributed by atoms with Crippen LogP contribution in [0, 0.1) is 6.92 Å². The van der Waals surface area contributed by atoms with Crippen molar-refractivity contribution in [3.05, 3.63) is 51.7 Å². The number of aromatic amines is 1. The molecule has 3 aromatic rings. The monoisotopic (exact) mass is 408 g/mol. The van der Waals surface area contributed by atoms with Crippen molar-refractivity contribution in [2.24, 2.45) is 4.99 Å². The molecule has 1 aliphatic heterocycles. The number of aromatic nitrogens is 3. The van der Waals surface area contributed by atoms with Crippen molar-refractivity contribution < 1.29 is 4.79 Å². The van der Waals surface area contributed by atoms with Gasteiger partial charge in [0.25, 0.3) is 11.5 Å². The van der Waals surface area contributed by atoms with E-state index >= 15 is 0 Å². The fraction of sp³-hybridized carbons (Fsp3) is 0.300. The predicted molar refractivity (Wildman–Crippen MR) is 118 cm³/mol. The van der Waals surface area contributed by atoms with E-state index in [2.05, 4.69) is 30.5 Å². The Balaban J connectivity index is 1.67. The van der Waals surface area contributed by atoms with Crippen LogP contribution in [0.3, 0.4) is 0 Å². The fourth-order valence-electron chi connectivity index (χ4n) is 3.65. The quantitative estimate of drug-likeness (QED) is 0.370. The predicted octanol–water partition coefficient (Wildman–Crippen LogP) is 0.624. The molecule has 1 aromatic carbocycles. The number of hydrogen-bond acceptors (Lipinski definition) is 7. The third kappa shape index (κ3) is 3.64. The van der Waals surface area contributed by atoms with Crippen LogP contribution in [0.1, 0.15) is 21.6 Å². The number of nitrogens with zero attached hydrogens (tertiary/aromatic N) is 4. The number of amides is 1. The lowest BCUT2D eigenvalue weighted by atomic mass is 10.0. The molecule has 0 unspecified atom stereocenters. The van der Waals surface area contributed by atoms with Crippen LogP contribution in [0.5, 0.6) is 0 Å². The number of hydrogen-bond donors (Lipinski definition) is 4. The maximum Gasteiger partial charge on any atom is 0.293 e. The van der Waals surface area contributed by atoms with E-state index in [1.54, 1.807) is 43.0 Å². The second-order valence-corrected chi connectivity index (χ2v) is 7.15. The standard InChI is InChI=1S/C20H24N8O2/c1-12-10-28-11-16(26-20(30)18(28)24-12)25-19(29)13-3-4-15(14(9-22-2)17(13)21)27-7-5-23-6-8-27/h3-4,9-11,23H,5-8,21H2,1-2H3,(H,25,29)(H,26,30). The molecule has 0 saturated carbocycles. The van der Waals surface area contributed by atoms with E-state index < -0.39 is 5.91 Å². The molecule has 10 heteroatoms. The van der Waals surface area contributed by atoms with E-state index in [0.717, 1.165) is 31.9 Å². The average Bonchev–Trinajstić information content (AvgIpc) is 3.11. The lowest BCUT2D eigenvalue weighted by molar-refractivity contribution is 0.102. The summed E-state index contributed by atoms with van der Waals surface area (Å²) in [6.45, 7) is 5.26. The van der Waals surface area contributed by atoms with Gasteiger partial charge in [0.05, 0.1) is 23.1 Å². The van der Waals surface area contributed by atoms with Crippen LogP contribution in [-0.4, -0.2) is 59.7 Å². The summed E-state index contributed by atoms with van der Waals surface area (Å²) in [5.74, 6) is -0.164. The first-order valence-electron chi connectivity index (χ1n) is 9.68. The Morgan fingerprint density at radius 3 is 2.80 bits per heavy atom. The lowest BCUT2D eigenvalue weighted by Crippen LogP contribution is -2.44. The number of carbonyl (C=O) groups is 1. The summed E-state index contributed by atoms with van der Waals surface area (Å²) in [7, 11) is 1.67. The zero-order chi connectivity index (χ0) is 21.3. The van der Waals surface area contributed by atoms with E-state index in [9.17, 15) is 9.59 Å². The number of benzene rings is 1. The molecule has 30 heavy (non-hydrogen) atoms. The molecule has 2 aromatic heterocycles. The van der Waals surface area contributed by atoms with E-state index in [-0.39, 0.29) is 17.0 Å². The molecule has 0 radical (unpaired) electrons. The van der Waals surface area contributed by atoms with Gasteiger partial charge in [-0.15, -0.1) is 0 Å². The van der Waals surface area contributed by atoms with Gasteiger partial charge in [-0.05, 0) is 19.1 Å². The number of carbonyl (C=O) groups excluding carboxylic acids is 1. The Hall–Kier alpha value is -3.66. The van der Waals surface area contributed by atoms with Crippen molar-refractivity contribution in [2.75, 3.05) is 49.2 Å². The minimum Gasteiger partial charge on any atom is -0.397 e. The van der Waals surface area contributed by atoms with Gasteiger partial charge in [-0.25, -0.2) is 4.98 Å². The molecule has 1 amide bonds. The number of piperazine rings is 1. The van der Waals surface area contributed by atoms with Crippen molar-refractivity contribution in [3.8, 4) is 0 Å². The van der Waals surface area contributed by atoms with Gasteiger partial charge < -0.3 is 26.3 Å². The number of aliphatic imine (C=N–C) groups is 1. The van der Waals surface area contributed by atoms with Crippen molar-refractivity contribution in [1.29, 1.82) is 0 Å². The number of nitrogens with one attached hydrogen (secondary N) is 3. The summed E-state index contributed by atoms with van der Waals surface area (Å²) in [6.07, 6.45) is 4.99. The molecule has 0 spiro atoms. The number of aryl methyl sites for hydroxylation is 1. The first-order chi connectivity index (χ1) is 14.5. The topological polar surface area (TPSA) is 133 Å². The van der Waals surface area contributed by atoms with Gasteiger partial charge in [0.2, 0.25) is 5.65 Å². The van der Waals surface area contributed by atoms with Crippen LogP contribution < -0.4 is 26.8 Å². The van der Waals surface area contributed by atoms with Gasteiger partial charge in [-0.2, -0.15) is 0 Å². The van der Waals surface area contributed by atoms with Crippen LogP contribution in [0.25, 0.3) is 5.65 Å². The molecule has 1 fully saturated rings. The Morgan fingerprint density at radius 2 is 2.07 bits per heavy atom. The lowest BCUT2D eigenvalue weighted by Gasteiger charge is -2.31. The van der Waals surface area contributed by atoms with Crippen LogP contribution >= 0.6 is 0 Å². The molecular weight excluding hydrogens is 384 g/mol. The highest BCUT2D eigenvalue weighted by molar-refractivity contribution is 6.11. The van der Waals surface area contributed by atoms with Crippen LogP contribution in [0.2, 0.25) is 0 Å². The third-order valence-corrected chi connectivity index (χ3v) is 5.05. The zero-order valence-electron chi connectivity index (χ0n) is 16.9. The number of imidazole rings is 1. The van der Waals surface area contributed by atoms with E-state index in [1.807, 2.05) is 6.07 Å². The van der Waals surface area contributed by atoms with Gasteiger partial charge >= 0.3 is 0 Å². The Morgan fingerprint density at radius 1 is 1.30 bits per heavy atom. The summed E-state index contributed by atoms with van der Waals surface area (Å²) in [5.41, 5.74) is 9.27. The summed E-state index contributed by atoms with van der Waals surface area (Å²) < 4.78 is 1.58. The number of nitrogen functional groups attached to an aromatic ring is 1. The van der Waals surface area contributed by atoms with Crippen LogP contribution in [0.4, 0.5) is 17.2 Å². The zero-order valence-corrected chi connectivity index (χ0v) is 16.9. The second kappa shape index (κ2) is 7.99. The molecule has 5 N–H and O–H groups in total. The summed E-state index contributed by atoms with van der Waals surface area (Å²) in [4.78, 5) is 38.3. The fourth-order valence-corrected chi connectivity index (χ4v) is 3.65. The Kier molecular flexibility index (Phi) is 5.23. The van der Waals surface area contributed by atoms with Gasteiger partial charge in [-0.3, -0.25) is 19.0 Å². The minimum absolute atomic E-state index is 0.256. The number of anilines is 3. The van der Waals surface area contributed by atoms with Crippen molar-refractivity contribution in [3.63, 3.8) is 0 Å². The number of H-pyrrole nitrogens is 1. The van der Waals surface area contributed by atoms with Gasteiger partial charge in [-0.1, -0.05) is 0 Å². The largest absolute Gasteiger partial charge is 0.397 e. The summed E-state index contributed by atoms with van der Waals surface area (Å²) in [6, 6.07) is 3.59. The van der Waals surface area contributed by atoms with E-state index in [0.29, 0.717) is 22.5 Å². The molecule has 1 saturated heterocycles. The first-order valence-corrected chi connectivity index (χ1v) is 9.68. The molecule has 10 nitrogen and oxygen atoms in total. The Bertz CT molecular complexity index is 1190. The molecule has 156 valence electrons. The minimum atomic E-state index is -0.419. The molecule has 1 aliphatic rings. The number of fused-ring (bicyclic) bond motifs is 1. The highest BCUT2D eigenvalue weighted by Gasteiger charge is 2.20. The normalized spacial score (nSPS) is 14.5. The van der Waals surface area contributed by atoms with Gasteiger partial charge in [0, 0.05) is 56.9 Å². The summed E-state index contributed by atoms with van der Waals surface area (Å²) >= 11 is 0. The maximum atomic E-state index is 12.9. The van der Waals surface area contributed by atoms with Gasteiger partial charge in [0.1, 0.15) is 5.82 Å². The number of rotatable bonds is 4. The van der Waals surface area contributed by atoms with E-state index in [4.69, 9.17) is 5.73 Å². The molecule has 0 atom stereocenters.